The predicted molar refractivity (Wildman–Crippen MR) is 93.9 cm³/mol. The summed E-state index contributed by atoms with van der Waals surface area (Å²) < 4.78 is 2.26. The molecule has 1 aliphatic heterocycles. The average Bonchev–Trinajstić information content (AvgIpc) is 2.96. The van der Waals surface area contributed by atoms with Crippen molar-refractivity contribution in [2.45, 2.75) is 13.5 Å². The van der Waals surface area contributed by atoms with E-state index in [4.69, 9.17) is 0 Å². The molecule has 0 saturated heterocycles. The van der Waals surface area contributed by atoms with E-state index in [0.717, 1.165) is 0 Å². The lowest BCUT2D eigenvalue weighted by Crippen LogP contribution is -2.40. The van der Waals surface area contributed by atoms with E-state index in [1.807, 2.05) is 0 Å². The van der Waals surface area contributed by atoms with Crippen LogP contribution in [0.2, 0.25) is 0 Å². The Kier molecular flexibility index (Phi) is 3.65. The van der Waals surface area contributed by atoms with Crippen LogP contribution in [0.1, 0.15) is 16.2 Å². The van der Waals surface area contributed by atoms with Gasteiger partial charge in [0.05, 0.1) is 11.8 Å². The van der Waals surface area contributed by atoms with Crippen LogP contribution in [-0.4, -0.2) is 21.4 Å². The number of hydrogen-bond acceptors (Lipinski definition) is 4. The molecule has 0 bridgehead atoms. The van der Waals surface area contributed by atoms with Gasteiger partial charge in [0.15, 0.2) is 0 Å². The fraction of sp³-hybridized carbons (Fsp3) is 0.111. The first-order valence-electron chi connectivity index (χ1n) is 7.99. The molecular weight excluding hydrogens is 334 g/mol. The third-order valence-corrected chi connectivity index (χ3v) is 4.26. The zero-order valence-electron chi connectivity index (χ0n) is 13.9. The van der Waals surface area contributed by atoms with Crippen LogP contribution in [0.25, 0.3) is 0 Å². The number of carbonyl (C=O) groups is 2. The van der Waals surface area contributed by atoms with Gasteiger partial charge >= 0.3 is 11.7 Å². The number of carbonyl (C=O) groups excluding carboxylic acids is 2. The quantitative estimate of drug-likeness (QED) is 0.563. The summed E-state index contributed by atoms with van der Waals surface area (Å²) in [5, 5.41) is 15.2. The molecule has 3 aromatic rings. The second-order valence-electron chi connectivity index (χ2n) is 5.87. The topological polar surface area (TPSA) is 94.2 Å². The molecule has 0 fully saturated rings. The zero-order chi connectivity index (χ0) is 18.3. The Morgan fingerprint density at radius 2 is 2.08 bits per heavy atom. The Morgan fingerprint density at radius 3 is 2.85 bits per heavy atom. The number of pyridine rings is 1. The molecule has 0 saturated carbocycles. The molecule has 0 unspecified atom stereocenters. The van der Waals surface area contributed by atoms with Gasteiger partial charge in [0.2, 0.25) is 0 Å². The largest absolute Gasteiger partial charge is 0.711 e. The molecule has 2 aromatic heterocycles. The number of aromatic nitrogens is 3. The van der Waals surface area contributed by atoms with Crippen LogP contribution < -0.4 is 14.9 Å². The Balaban J connectivity index is 1.89. The van der Waals surface area contributed by atoms with Crippen molar-refractivity contribution in [2.75, 3.05) is 10.2 Å². The standard InChI is InChI=1S/C18H15N5O3/c1-12-19-8-10-21(12)11-16(24)23-15-7-3-2-5-13(15)17(25)20-14-6-4-9-22(26)18(14)23/h2-10H,11H2,1H3,(H,20,25). The van der Waals surface area contributed by atoms with Crippen molar-refractivity contribution in [3.63, 3.8) is 0 Å². The number of fused-ring (bicyclic) bond motifs is 2. The number of para-hydroxylation sites is 1. The lowest BCUT2D eigenvalue weighted by atomic mass is 10.1. The van der Waals surface area contributed by atoms with Crippen LogP contribution in [0.5, 0.6) is 0 Å². The SMILES string of the molecule is Cc1nccn1CC(=O)N1c2ccccc2C(=O)Nc2ccc[n+]([O-])c21. The number of imidazole rings is 1. The van der Waals surface area contributed by atoms with Crippen molar-refractivity contribution in [1.29, 1.82) is 0 Å². The number of rotatable bonds is 2. The summed E-state index contributed by atoms with van der Waals surface area (Å²) in [6.45, 7) is 1.78. The lowest BCUT2D eigenvalue weighted by Gasteiger charge is -2.20. The number of aryl methyl sites for hydroxylation is 1. The minimum absolute atomic E-state index is 0.0112. The van der Waals surface area contributed by atoms with Crippen molar-refractivity contribution in [2.24, 2.45) is 0 Å². The van der Waals surface area contributed by atoms with Gasteiger partial charge in [0.25, 0.3) is 5.91 Å². The monoisotopic (exact) mass is 349 g/mol. The first-order chi connectivity index (χ1) is 12.6. The van der Waals surface area contributed by atoms with Crippen LogP contribution in [0, 0.1) is 12.1 Å². The van der Waals surface area contributed by atoms with Gasteiger partial charge in [-0.3, -0.25) is 4.79 Å². The van der Waals surface area contributed by atoms with Crippen molar-refractivity contribution >= 4 is 29.0 Å². The van der Waals surface area contributed by atoms with Gasteiger partial charge in [-0.15, -0.1) is 0 Å². The summed E-state index contributed by atoms with van der Waals surface area (Å²) in [6.07, 6.45) is 4.59. The highest BCUT2D eigenvalue weighted by molar-refractivity contribution is 6.16. The van der Waals surface area contributed by atoms with Gasteiger partial charge in [0, 0.05) is 12.4 Å². The molecular formula is C18H15N5O3. The second kappa shape index (κ2) is 5.99. The van der Waals surface area contributed by atoms with Gasteiger partial charge < -0.3 is 15.1 Å². The van der Waals surface area contributed by atoms with E-state index in [9.17, 15) is 14.8 Å². The fourth-order valence-electron chi connectivity index (χ4n) is 3.00. The van der Waals surface area contributed by atoms with E-state index in [2.05, 4.69) is 10.3 Å². The van der Waals surface area contributed by atoms with Gasteiger partial charge in [-0.2, -0.15) is 4.90 Å². The van der Waals surface area contributed by atoms with E-state index < -0.39 is 0 Å². The lowest BCUT2D eigenvalue weighted by molar-refractivity contribution is -0.590. The van der Waals surface area contributed by atoms with E-state index >= 15 is 0 Å². The summed E-state index contributed by atoms with van der Waals surface area (Å²) in [6, 6.07) is 9.81. The molecule has 2 amide bonds. The molecule has 0 atom stereocenters. The van der Waals surface area contributed by atoms with Gasteiger partial charge in [-0.25, -0.2) is 14.5 Å². The fourth-order valence-corrected chi connectivity index (χ4v) is 3.00. The molecule has 0 radical (unpaired) electrons. The van der Waals surface area contributed by atoms with Crippen LogP contribution in [0.4, 0.5) is 17.2 Å². The smallest absolute Gasteiger partial charge is 0.334 e. The predicted octanol–water partition coefficient (Wildman–Crippen LogP) is 1.76. The highest BCUT2D eigenvalue weighted by Crippen LogP contribution is 2.35. The minimum atomic E-state index is -0.373. The number of anilines is 3. The molecule has 8 heteroatoms. The Labute approximate surface area is 148 Å². The minimum Gasteiger partial charge on any atom is -0.711 e. The number of amides is 2. The highest BCUT2D eigenvalue weighted by Gasteiger charge is 2.37. The van der Waals surface area contributed by atoms with Gasteiger partial charge in [0.1, 0.15) is 23.7 Å². The van der Waals surface area contributed by atoms with Crippen molar-refractivity contribution in [3.8, 4) is 0 Å². The average molecular weight is 349 g/mol. The summed E-state index contributed by atoms with van der Waals surface area (Å²) in [5.41, 5.74) is 0.959. The molecule has 1 aromatic carbocycles. The van der Waals surface area contributed by atoms with E-state index in [1.165, 1.54) is 17.2 Å². The van der Waals surface area contributed by atoms with E-state index in [-0.39, 0.29) is 29.9 Å². The summed E-state index contributed by atoms with van der Waals surface area (Å²) in [5.74, 6) is 0.0155. The van der Waals surface area contributed by atoms with Crippen LogP contribution >= 0.6 is 0 Å². The normalized spacial score (nSPS) is 12.8. The Hall–Kier alpha value is -3.68. The third-order valence-electron chi connectivity index (χ3n) is 4.26. The summed E-state index contributed by atoms with van der Waals surface area (Å²) in [4.78, 5) is 31.1. The molecule has 3 heterocycles. The van der Waals surface area contributed by atoms with E-state index in [0.29, 0.717) is 21.8 Å². The maximum absolute atomic E-state index is 13.1. The molecule has 26 heavy (non-hydrogen) atoms. The van der Waals surface area contributed by atoms with Gasteiger partial charge in [-0.05, 0) is 31.2 Å². The maximum atomic E-state index is 13.1. The molecule has 130 valence electrons. The molecule has 8 nitrogen and oxygen atoms in total. The highest BCUT2D eigenvalue weighted by atomic mass is 16.5. The van der Waals surface area contributed by atoms with Crippen LogP contribution in [-0.2, 0) is 11.3 Å². The molecule has 4 rings (SSSR count). The molecule has 0 aliphatic carbocycles. The van der Waals surface area contributed by atoms with Crippen LogP contribution in [0.3, 0.4) is 0 Å². The first-order valence-corrected chi connectivity index (χ1v) is 7.99. The van der Waals surface area contributed by atoms with Crippen molar-refractivity contribution < 1.29 is 14.3 Å². The number of nitrogens with zero attached hydrogens (tertiary/aromatic N) is 4. The van der Waals surface area contributed by atoms with Crippen LogP contribution in [0.15, 0.2) is 55.0 Å². The molecule has 1 N–H and O–H groups in total. The molecule has 0 spiro atoms. The summed E-state index contributed by atoms with van der Waals surface area (Å²) in [7, 11) is 0. The maximum Gasteiger partial charge on any atom is 0.334 e. The number of benzene rings is 1. The second-order valence-corrected chi connectivity index (χ2v) is 5.87. The van der Waals surface area contributed by atoms with E-state index in [1.54, 1.807) is 54.2 Å². The summed E-state index contributed by atoms with van der Waals surface area (Å²) >= 11 is 0. The first kappa shape index (κ1) is 15.8. The zero-order valence-corrected chi connectivity index (χ0v) is 13.9. The number of hydrogen-bond donors (Lipinski definition) is 1. The van der Waals surface area contributed by atoms with Crippen molar-refractivity contribution in [3.05, 3.63) is 71.6 Å². The van der Waals surface area contributed by atoms with Crippen molar-refractivity contribution in [1.82, 2.24) is 9.55 Å². The molecule has 1 aliphatic rings. The Bertz CT molecular complexity index is 1030. The third kappa shape index (κ3) is 2.48. The van der Waals surface area contributed by atoms with Gasteiger partial charge in [-0.1, -0.05) is 12.1 Å². The number of nitrogens with one attached hydrogen (secondary N) is 1. The Morgan fingerprint density at radius 1 is 1.27 bits per heavy atom.